The zero-order valence-electron chi connectivity index (χ0n) is 8.47. The van der Waals surface area contributed by atoms with Crippen LogP contribution in [0.15, 0.2) is 5.11 Å². The summed E-state index contributed by atoms with van der Waals surface area (Å²) in [6, 6.07) is 0. The smallest absolute Gasteiger partial charge is 0.335 e. The van der Waals surface area contributed by atoms with Gasteiger partial charge in [-0.05, 0) is 12.0 Å². The number of alkyl halides is 1. The number of nitrogens with zero attached hydrogens (tertiary/aromatic N) is 3. The first-order chi connectivity index (χ1) is 7.13. The van der Waals surface area contributed by atoms with Crippen LogP contribution in [-0.4, -0.2) is 36.5 Å². The third-order valence-corrected chi connectivity index (χ3v) is 1.69. The van der Waals surface area contributed by atoms with Crippen molar-refractivity contribution < 1.29 is 19.0 Å². The van der Waals surface area contributed by atoms with Gasteiger partial charge in [-0.25, -0.2) is 9.18 Å². The van der Waals surface area contributed by atoms with Crippen molar-refractivity contribution in [3.8, 4) is 0 Å². The monoisotopic (exact) mass is 219 g/mol. The highest BCUT2D eigenvalue weighted by molar-refractivity contribution is 5.73. The molecule has 0 fully saturated rings. The Balaban J connectivity index is 4.12. The van der Waals surface area contributed by atoms with Gasteiger partial charge in [-0.2, -0.15) is 0 Å². The third kappa shape index (κ3) is 5.87. The van der Waals surface area contributed by atoms with E-state index in [9.17, 15) is 9.18 Å². The minimum absolute atomic E-state index is 0.185. The Morgan fingerprint density at radius 2 is 2.40 bits per heavy atom. The number of halogens is 1. The molecule has 0 aromatic heterocycles. The number of carboxylic acid groups (broad SMARTS) is 1. The Hall–Kier alpha value is -1.33. The first-order valence-electron chi connectivity index (χ1n) is 4.62. The molecule has 0 aliphatic rings. The second-order valence-corrected chi connectivity index (χ2v) is 2.91. The molecule has 0 rings (SSSR count). The summed E-state index contributed by atoms with van der Waals surface area (Å²) < 4.78 is 18.0. The van der Waals surface area contributed by atoms with E-state index in [4.69, 9.17) is 15.4 Å². The zero-order valence-corrected chi connectivity index (χ0v) is 8.47. The van der Waals surface area contributed by atoms with Crippen molar-refractivity contribution in [2.75, 3.05) is 13.2 Å². The van der Waals surface area contributed by atoms with Crippen LogP contribution in [0.1, 0.15) is 19.8 Å². The van der Waals surface area contributed by atoms with Crippen LogP contribution in [0.2, 0.25) is 0 Å². The molecule has 0 saturated heterocycles. The molecule has 86 valence electrons. The van der Waals surface area contributed by atoms with Gasteiger partial charge in [0, 0.05) is 11.5 Å². The zero-order chi connectivity index (χ0) is 11.7. The predicted octanol–water partition coefficient (Wildman–Crippen LogP) is 1.90. The van der Waals surface area contributed by atoms with E-state index in [1.807, 2.05) is 6.92 Å². The number of unbranched alkanes of at least 4 members (excludes halogenated alkanes) is 1. The van der Waals surface area contributed by atoms with Crippen LogP contribution in [0.5, 0.6) is 0 Å². The summed E-state index contributed by atoms with van der Waals surface area (Å²) >= 11 is 0. The highest BCUT2D eigenvalue weighted by Crippen LogP contribution is 2.07. The summed E-state index contributed by atoms with van der Waals surface area (Å²) in [5.41, 5.74) is 7.95. The maximum Gasteiger partial charge on any atom is 0.335 e. The predicted molar refractivity (Wildman–Crippen MR) is 51.2 cm³/mol. The molecule has 0 aromatic carbocycles. The Morgan fingerprint density at radius 1 is 1.73 bits per heavy atom. The van der Waals surface area contributed by atoms with Gasteiger partial charge >= 0.3 is 5.97 Å². The van der Waals surface area contributed by atoms with E-state index in [-0.39, 0.29) is 6.61 Å². The van der Waals surface area contributed by atoms with Crippen molar-refractivity contribution >= 4 is 5.97 Å². The summed E-state index contributed by atoms with van der Waals surface area (Å²) in [7, 11) is 0. The van der Waals surface area contributed by atoms with Gasteiger partial charge in [-0.15, -0.1) is 0 Å². The van der Waals surface area contributed by atoms with E-state index in [2.05, 4.69) is 10.0 Å². The Kier molecular flexibility index (Phi) is 7.31. The van der Waals surface area contributed by atoms with Gasteiger partial charge in [0.25, 0.3) is 0 Å². The van der Waals surface area contributed by atoms with Crippen LogP contribution in [0, 0.1) is 0 Å². The average molecular weight is 219 g/mol. The number of carbonyl (C=O) groups is 1. The summed E-state index contributed by atoms with van der Waals surface area (Å²) in [5.74, 6) is -1.38. The second-order valence-electron chi connectivity index (χ2n) is 2.91. The Labute approximate surface area is 86.7 Å². The van der Waals surface area contributed by atoms with Gasteiger partial charge in [0.2, 0.25) is 0 Å². The molecule has 0 aliphatic carbocycles. The highest BCUT2D eigenvalue weighted by atomic mass is 19.1. The van der Waals surface area contributed by atoms with Crippen LogP contribution >= 0.6 is 0 Å². The molecule has 0 heterocycles. The number of hydrogen-bond donors (Lipinski definition) is 1. The summed E-state index contributed by atoms with van der Waals surface area (Å²) in [4.78, 5) is 12.9. The maximum atomic E-state index is 13.2. The molecular formula is C8H14FN3O3. The van der Waals surface area contributed by atoms with Crippen molar-refractivity contribution in [2.24, 2.45) is 5.11 Å². The van der Waals surface area contributed by atoms with E-state index >= 15 is 0 Å². The van der Waals surface area contributed by atoms with E-state index in [0.717, 1.165) is 6.42 Å². The fourth-order valence-corrected chi connectivity index (χ4v) is 0.895. The minimum Gasteiger partial charge on any atom is -0.479 e. The molecule has 1 N–H and O–H groups in total. The van der Waals surface area contributed by atoms with Crippen molar-refractivity contribution in [1.29, 1.82) is 0 Å². The molecular weight excluding hydrogens is 205 g/mol. The van der Waals surface area contributed by atoms with E-state index in [1.54, 1.807) is 0 Å². The molecule has 0 spiro atoms. The molecule has 7 heteroatoms. The topological polar surface area (TPSA) is 95.3 Å². The van der Waals surface area contributed by atoms with Gasteiger partial charge in [0.15, 0.2) is 6.10 Å². The van der Waals surface area contributed by atoms with Crippen LogP contribution in [0.3, 0.4) is 0 Å². The maximum absolute atomic E-state index is 13.2. The molecule has 15 heavy (non-hydrogen) atoms. The summed E-state index contributed by atoms with van der Waals surface area (Å²) in [6.07, 6.45) is -1.87. The standard InChI is InChI=1S/C8H14FN3O3/c1-2-3-4-15-7(8(13)14)6(9)5-11-12-10/h6-7H,2-5H2,1H3,(H,13,14)/t6-,7?/m0/s1. The summed E-state index contributed by atoms with van der Waals surface area (Å²) in [5, 5.41) is 11.6. The lowest BCUT2D eigenvalue weighted by Gasteiger charge is -2.15. The number of azide groups is 1. The largest absolute Gasteiger partial charge is 0.479 e. The van der Waals surface area contributed by atoms with E-state index < -0.39 is 24.8 Å². The molecule has 0 saturated carbocycles. The second kappa shape index (κ2) is 8.02. The normalized spacial score (nSPS) is 14.0. The fraction of sp³-hybridized carbons (Fsp3) is 0.875. The quantitative estimate of drug-likeness (QED) is 0.292. The SMILES string of the molecule is CCCCOC(C(=O)O)[C@@H](F)CN=[N+]=[N-]. The number of rotatable bonds is 8. The van der Waals surface area contributed by atoms with Crippen molar-refractivity contribution in [3.05, 3.63) is 10.4 Å². The van der Waals surface area contributed by atoms with E-state index in [0.29, 0.717) is 6.42 Å². The first-order valence-corrected chi connectivity index (χ1v) is 4.62. The molecule has 6 nitrogen and oxygen atoms in total. The average Bonchev–Trinajstić information content (AvgIpc) is 2.20. The highest BCUT2D eigenvalue weighted by Gasteiger charge is 2.28. The van der Waals surface area contributed by atoms with Crippen LogP contribution < -0.4 is 0 Å². The van der Waals surface area contributed by atoms with Gasteiger partial charge < -0.3 is 9.84 Å². The Morgan fingerprint density at radius 3 is 2.87 bits per heavy atom. The molecule has 1 unspecified atom stereocenters. The summed E-state index contributed by atoms with van der Waals surface area (Å²) in [6.45, 7) is 1.57. The van der Waals surface area contributed by atoms with E-state index in [1.165, 1.54) is 0 Å². The molecule has 2 atom stereocenters. The third-order valence-electron chi connectivity index (χ3n) is 1.69. The minimum atomic E-state index is -1.81. The lowest BCUT2D eigenvalue weighted by atomic mass is 10.2. The van der Waals surface area contributed by atoms with Gasteiger partial charge in [-0.3, -0.25) is 0 Å². The number of ether oxygens (including phenoxy) is 1. The van der Waals surface area contributed by atoms with Crippen LogP contribution in [0.25, 0.3) is 10.4 Å². The van der Waals surface area contributed by atoms with Gasteiger partial charge in [-0.1, -0.05) is 18.5 Å². The number of aliphatic carboxylic acids is 1. The molecule has 0 radical (unpaired) electrons. The fourth-order valence-electron chi connectivity index (χ4n) is 0.895. The van der Waals surface area contributed by atoms with Crippen molar-refractivity contribution in [2.45, 2.75) is 32.0 Å². The lowest BCUT2D eigenvalue weighted by molar-refractivity contribution is -0.154. The first kappa shape index (κ1) is 13.7. The van der Waals surface area contributed by atoms with Crippen molar-refractivity contribution in [3.63, 3.8) is 0 Å². The number of hydrogen-bond acceptors (Lipinski definition) is 3. The molecule has 0 amide bonds. The molecule has 0 aliphatic heterocycles. The lowest BCUT2D eigenvalue weighted by Crippen LogP contribution is -2.35. The molecule has 0 bridgehead atoms. The van der Waals surface area contributed by atoms with Gasteiger partial charge in [0.1, 0.15) is 6.17 Å². The number of carboxylic acids is 1. The van der Waals surface area contributed by atoms with Gasteiger partial charge in [0.05, 0.1) is 6.54 Å². The van der Waals surface area contributed by atoms with Crippen molar-refractivity contribution in [1.82, 2.24) is 0 Å². The Bertz CT molecular complexity index is 243. The molecule has 0 aromatic rings. The van der Waals surface area contributed by atoms with Crippen LogP contribution in [0.4, 0.5) is 4.39 Å². The van der Waals surface area contributed by atoms with Crippen LogP contribution in [-0.2, 0) is 9.53 Å².